The fourth-order valence-electron chi connectivity index (χ4n) is 7.70. The van der Waals surface area contributed by atoms with Crippen LogP contribution in [-0.4, -0.2) is 81.8 Å². The average Bonchev–Trinajstić information content (AvgIpc) is 3.46. The van der Waals surface area contributed by atoms with Crippen molar-refractivity contribution in [1.29, 1.82) is 0 Å². The number of aliphatic imine (C=N–C) groups is 1. The number of benzene rings is 3. The highest BCUT2D eigenvalue weighted by atomic mass is 16.6. The van der Waals surface area contributed by atoms with Gasteiger partial charge in [0.25, 0.3) is 11.6 Å². The SMILES string of the molecule is CCC1(CC(C)(C)CO)C(c2ccccc2COC)=Nc2ccc(-c3cc(C[C@H](NC(=O)OC(C)(C)C)C(=O)N4CCC[C@@H](C(=O)O)N4)cc([N+](=O)[O-])c3)cc21. The largest absolute Gasteiger partial charge is 0.480 e. The number of hydrazine groups is 1. The molecule has 1 fully saturated rings. The molecule has 0 spiro atoms. The van der Waals surface area contributed by atoms with Crippen molar-refractivity contribution in [2.24, 2.45) is 10.4 Å². The number of carboxylic acids is 1. The Morgan fingerprint density at radius 3 is 2.46 bits per heavy atom. The number of carboxylic acid groups (broad SMARTS) is 1. The predicted molar refractivity (Wildman–Crippen MR) is 212 cm³/mol. The summed E-state index contributed by atoms with van der Waals surface area (Å²) in [6, 6.07) is 16.1. The number of amides is 2. The second kappa shape index (κ2) is 16.9. The zero-order chi connectivity index (χ0) is 41.0. The van der Waals surface area contributed by atoms with Gasteiger partial charge in [-0.2, -0.15) is 0 Å². The van der Waals surface area contributed by atoms with E-state index in [0.717, 1.165) is 28.1 Å². The van der Waals surface area contributed by atoms with E-state index in [0.29, 0.717) is 49.0 Å². The first-order chi connectivity index (χ1) is 26.4. The number of nitrogens with zero attached hydrogens (tertiary/aromatic N) is 3. The molecule has 56 heavy (non-hydrogen) atoms. The van der Waals surface area contributed by atoms with Gasteiger partial charge in [-0.05, 0) is 91.8 Å². The summed E-state index contributed by atoms with van der Waals surface area (Å²) in [7, 11) is 1.65. The van der Waals surface area contributed by atoms with Gasteiger partial charge in [-0.25, -0.2) is 10.2 Å². The molecule has 14 nitrogen and oxygen atoms in total. The number of non-ortho nitro benzene ring substituents is 1. The molecule has 0 aliphatic carbocycles. The third-order valence-corrected chi connectivity index (χ3v) is 10.3. The highest BCUT2D eigenvalue weighted by molar-refractivity contribution is 6.14. The van der Waals surface area contributed by atoms with E-state index in [-0.39, 0.29) is 25.3 Å². The van der Waals surface area contributed by atoms with Crippen molar-refractivity contribution >= 4 is 35.1 Å². The molecule has 0 saturated carbocycles. The van der Waals surface area contributed by atoms with Gasteiger partial charge in [0.15, 0.2) is 0 Å². The van der Waals surface area contributed by atoms with Gasteiger partial charge in [0.2, 0.25) is 0 Å². The molecule has 2 heterocycles. The van der Waals surface area contributed by atoms with Crippen LogP contribution in [0.3, 0.4) is 0 Å². The smallest absolute Gasteiger partial charge is 0.408 e. The molecule has 3 aromatic carbocycles. The topological polar surface area (TPSA) is 193 Å². The van der Waals surface area contributed by atoms with Gasteiger partial charge >= 0.3 is 12.1 Å². The molecule has 5 rings (SSSR count). The van der Waals surface area contributed by atoms with Gasteiger partial charge in [-0.3, -0.25) is 29.7 Å². The molecular weight excluding hydrogens is 718 g/mol. The number of nitro groups is 1. The van der Waals surface area contributed by atoms with E-state index in [4.69, 9.17) is 14.5 Å². The van der Waals surface area contributed by atoms with Crippen molar-refractivity contribution in [3.63, 3.8) is 0 Å². The number of rotatable bonds is 14. The number of hydrogen-bond donors (Lipinski definition) is 4. The summed E-state index contributed by atoms with van der Waals surface area (Å²) in [4.78, 5) is 55.8. The number of ether oxygens (including phenoxy) is 2. The lowest BCUT2D eigenvalue weighted by Crippen LogP contribution is -2.60. The molecule has 1 unspecified atom stereocenters. The molecule has 0 aromatic heterocycles. The second-order valence-electron chi connectivity index (χ2n) is 16.4. The fraction of sp³-hybridized carbons (Fsp3) is 0.476. The molecule has 2 aliphatic rings. The number of aliphatic hydroxyl groups is 1. The lowest BCUT2D eigenvalue weighted by molar-refractivity contribution is -0.384. The number of methoxy groups -OCH3 is 1. The average molecular weight is 772 g/mol. The van der Waals surface area contributed by atoms with Crippen molar-refractivity contribution in [1.82, 2.24) is 15.8 Å². The molecule has 3 atom stereocenters. The first kappa shape index (κ1) is 42.0. The van der Waals surface area contributed by atoms with E-state index in [9.17, 15) is 34.7 Å². The Bertz CT molecular complexity index is 2010. The number of carbonyl (C=O) groups excluding carboxylic acids is 2. The Hall–Kier alpha value is -5.18. The number of carbonyl (C=O) groups is 3. The molecule has 0 radical (unpaired) electrons. The van der Waals surface area contributed by atoms with E-state index >= 15 is 0 Å². The van der Waals surface area contributed by atoms with E-state index in [1.807, 2.05) is 56.3 Å². The Balaban J connectivity index is 1.59. The number of fused-ring (bicyclic) bond motifs is 1. The normalized spacial score (nSPS) is 18.8. The maximum Gasteiger partial charge on any atom is 0.408 e. The fourth-order valence-corrected chi connectivity index (χ4v) is 7.70. The number of nitrogens with one attached hydrogen (secondary N) is 2. The van der Waals surface area contributed by atoms with Crippen molar-refractivity contribution < 1.29 is 39.0 Å². The minimum Gasteiger partial charge on any atom is -0.480 e. The number of aliphatic carboxylic acids is 1. The molecule has 4 N–H and O–H groups in total. The summed E-state index contributed by atoms with van der Waals surface area (Å²) in [5.41, 5.74) is 6.61. The van der Waals surface area contributed by atoms with Gasteiger partial charge in [-0.1, -0.05) is 57.2 Å². The minimum absolute atomic E-state index is 0.0495. The Morgan fingerprint density at radius 1 is 1.09 bits per heavy atom. The van der Waals surface area contributed by atoms with Crippen LogP contribution in [0.15, 0.2) is 65.7 Å². The standard InChI is InChI=1S/C42H53N5O9/c1-8-42(24-41(5,6)25-48)32-22-27(15-16-33(32)43-36(42)31-13-10-9-12-28(31)23-55-7)29-18-26(19-30(21-29)47(53)54)20-35(44-39(52)56-40(2,3)4)37(49)46-17-11-14-34(45-46)38(50)51/h9-10,12-13,15-16,18-19,21-22,34-35,45,48H,8,11,14,17,20,23-25H2,1-7H3,(H,44,52)(H,50,51)/t34-,35-,42?/m0/s1. The van der Waals surface area contributed by atoms with Crippen molar-refractivity contribution in [2.75, 3.05) is 20.3 Å². The Kier molecular flexibility index (Phi) is 12.7. The Morgan fingerprint density at radius 2 is 1.82 bits per heavy atom. The van der Waals surface area contributed by atoms with Gasteiger partial charge in [-0.15, -0.1) is 0 Å². The van der Waals surface area contributed by atoms with Gasteiger partial charge in [0.05, 0.1) is 22.9 Å². The van der Waals surface area contributed by atoms with Crippen molar-refractivity contribution in [2.45, 2.75) is 103 Å². The van der Waals surface area contributed by atoms with Crippen LogP contribution < -0.4 is 10.7 Å². The van der Waals surface area contributed by atoms with Crippen LogP contribution in [0.5, 0.6) is 0 Å². The number of aliphatic hydroxyl groups excluding tert-OH is 1. The molecule has 1 saturated heterocycles. The lowest BCUT2D eigenvalue weighted by Gasteiger charge is -2.38. The minimum atomic E-state index is -1.25. The summed E-state index contributed by atoms with van der Waals surface area (Å²) in [5, 5.41) is 36.3. The van der Waals surface area contributed by atoms with Crippen molar-refractivity contribution in [3.05, 3.63) is 93.0 Å². The van der Waals surface area contributed by atoms with Crippen LogP contribution in [0, 0.1) is 15.5 Å². The highest BCUT2D eigenvalue weighted by Gasteiger charge is 2.46. The van der Waals surface area contributed by atoms with Gasteiger partial charge in [0, 0.05) is 49.8 Å². The Labute approximate surface area is 327 Å². The monoisotopic (exact) mass is 771 g/mol. The van der Waals surface area contributed by atoms with Crippen LogP contribution >= 0.6 is 0 Å². The number of nitro benzene ring substituents is 1. The molecule has 3 aromatic rings. The summed E-state index contributed by atoms with van der Waals surface area (Å²) in [6.45, 7) is 11.7. The second-order valence-corrected chi connectivity index (χ2v) is 16.4. The molecule has 2 aliphatic heterocycles. The molecular formula is C42H53N5O9. The van der Waals surface area contributed by atoms with Gasteiger partial charge in [0.1, 0.15) is 17.7 Å². The third kappa shape index (κ3) is 9.43. The first-order valence-corrected chi connectivity index (χ1v) is 18.9. The summed E-state index contributed by atoms with van der Waals surface area (Å²) in [5.74, 6) is -1.72. The van der Waals surface area contributed by atoms with Crippen LogP contribution in [0.4, 0.5) is 16.2 Å². The van der Waals surface area contributed by atoms with Crippen LogP contribution in [-0.2, 0) is 37.5 Å². The number of hydrogen-bond acceptors (Lipinski definition) is 10. The summed E-state index contributed by atoms with van der Waals surface area (Å²) < 4.78 is 11.0. The van der Waals surface area contributed by atoms with Crippen molar-refractivity contribution in [3.8, 4) is 11.1 Å². The zero-order valence-corrected chi connectivity index (χ0v) is 33.2. The maximum absolute atomic E-state index is 14.0. The maximum atomic E-state index is 14.0. The lowest BCUT2D eigenvalue weighted by atomic mass is 9.64. The third-order valence-electron chi connectivity index (χ3n) is 10.3. The van der Waals surface area contributed by atoms with Gasteiger partial charge < -0.3 is 25.0 Å². The predicted octanol–water partition coefficient (Wildman–Crippen LogP) is 6.62. The quantitative estimate of drug-likeness (QED) is 0.102. The molecule has 14 heteroatoms. The molecule has 300 valence electrons. The van der Waals surface area contributed by atoms with Crippen LogP contribution in [0.1, 0.15) is 89.5 Å². The number of alkyl carbamates (subject to hydrolysis) is 1. The highest BCUT2D eigenvalue weighted by Crippen LogP contribution is 2.52. The van der Waals surface area contributed by atoms with Crippen LogP contribution in [0.2, 0.25) is 0 Å². The van der Waals surface area contributed by atoms with E-state index in [1.54, 1.807) is 33.9 Å². The van der Waals surface area contributed by atoms with E-state index in [2.05, 4.69) is 17.7 Å². The first-order valence-electron chi connectivity index (χ1n) is 18.9. The van der Waals surface area contributed by atoms with Crippen LogP contribution in [0.25, 0.3) is 11.1 Å². The molecule has 2 amide bonds. The summed E-state index contributed by atoms with van der Waals surface area (Å²) >= 11 is 0. The zero-order valence-electron chi connectivity index (χ0n) is 33.2. The summed E-state index contributed by atoms with van der Waals surface area (Å²) in [6.07, 6.45) is 0.947. The molecule has 0 bridgehead atoms. The van der Waals surface area contributed by atoms with E-state index < -0.39 is 51.4 Å². The van der Waals surface area contributed by atoms with E-state index in [1.165, 1.54) is 17.1 Å².